The third-order valence-corrected chi connectivity index (χ3v) is 6.31. The molecule has 32 heavy (non-hydrogen) atoms. The number of thiazole rings is 1. The van der Waals surface area contributed by atoms with Crippen molar-refractivity contribution >= 4 is 23.2 Å². The number of carbonyl (C=O) groups is 2. The van der Waals surface area contributed by atoms with Crippen molar-refractivity contribution in [1.29, 1.82) is 0 Å². The summed E-state index contributed by atoms with van der Waals surface area (Å²) in [6.07, 6.45) is 0.106. The Hall–Kier alpha value is -3.23. The summed E-state index contributed by atoms with van der Waals surface area (Å²) in [6.45, 7) is 2.23. The molecule has 2 aromatic carbocycles. The Morgan fingerprint density at radius 2 is 2.09 bits per heavy atom. The van der Waals surface area contributed by atoms with E-state index in [2.05, 4.69) is 20.5 Å². The average Bonchev–Trinajstić information content (AvgIpc) is 3.29. The summed E-state index contributed by atoms with van der Waals surface area (Å²) in [6, 6.07) is 17.2. The Labute approximate surface area is 191 Å². The first-order valence-corrected chi connectivity index (χ1v) is 11.4. The second-order valence-electron chi connectivity index (χ2n) is 7.60. The SMILES string of the molecule is COc1cccc(CN2CCNC(=O)C2CC(=O)NCc2scnc2-c2ccccc2)c1. The molecule has 1 saturated heterocycles. The molecule has 0 radical (unpaired) electrons. The molecule has 1 unspecified atom stereocenters. The molecule has 1 aromatic heterocycles. The van der Waals surface area contributed by atoms with Gasteiger partial charge in [-0.3, -0.25) is 14.5 Å². The third kappa shape index (κ3) is 5.33. The number of hydrogen-bond acceptors (Lipinski definition) is 6. The van der Waals surface area contributed by atoms with Gasteiger partial charge in [0.05, 0.1) is 42.2 Å². The lowest BCUT2D eigenvalue weighted by Crippen LogP contribution is -2.56. The van der Waals surface area contributed by atoms with E-state index in [4.69, 9.17) is 4.74 Å². The number of benzene rings is 2. The number of nitrogens with one attached hydrogen (secondary N) is 2. The lowest BCUT2D eigenvalue weighted by molar-refractivity contribution is -0.134. The van der Waals surface area contributed by atoms with E-state index in [1.54, 1.807) is 12.6 Å². The van der Waals surface area contributed by atoms with Gasteiger partial charge >= 0.3 is 0 Å². The molecule has 0 bridgehead atoms. The minimum atomic E-state index is -0.509. The van der Waals surface area contributed by atoms with E-state index in [0.29, 0.717) is 26.2 Å². The van der Waals surface area contributed by atoms with Crippen molar-refractivity contribution < 1.29 is 14.3 Å². The van der Waals surface area contributed by atoms with Gasteiger partial charge in [0.25, 0.3) is 0 Å². The van der Waals surface area contributed by atoms with Crippen molar-refractivity contribution in [3.8, 4) is 17.0 Å². The molecule has 0 saturated carbocycles. The van der Waals surface area contributed by atoms with Gasteiger partial charge in [0, 0.05) is 25.2 Å². The summed E-state index contributed by atoms with van der Waals surface area (Å²) in [7, 11) is 1.63. The van der Waals surface area contributed by atoms with Crippen molar-refractivity contribution in [1.82, 2.24) is 20.5 Å². The fraction of sp³-hybridized carbons (Fsp3) is 0.292. The smallest absolute Gasteiger partial charge is 0.237 e. The topological polar surface area (TPSA) is 83.6 Å². The van der Waals surface area contributed by atoms with E-state index < -0.39 is 6.04 Å². The van der Waals surface area contributed by atoms with E-state index >= 15 is 0 Å². The number of amides is 2. The highest BCUT2D eigenvalue weighted by atomic mass is 32.1. The van der Waals surface area contributed by atoms with E-state index in [0.717, 1.165) is 27.4 Å². The standard InChI is InChI=1S/C24H26N4O3S/c1-31-19-9-5-6-17(12-19)15-28-11-10-25-24(30)20(28)13-22(29)26-14-21-23(27-16-32-21)18-7-3-2-4-8-18/h2-9,12,16,20H,10-11,13-15H2,1H3,(H,25,30)(H,26,29). The second-order valence-corrected chi connectivity index (χ2v) is 8.54. The molecule has 1 atom stereocenters. The molecule has 2 N–H and O–H groups in total. The van der Waals surface area contributed by atoms with Crippen molar-refractivity contribution in [2.24, 2.45) is 0 Å². The van der Waals surface area contributed by atoms with Crippen LogP contribution in [0.3, 0.4) is 0 Å². The van der Waals surface area contributed by atoms with Gasteiger partial charge < -0.3 is 15.4 Å². The van der Waals surface area contributed by atoms with Crippen LogP contribution in [0.15, 0.2) is 60.1 Å². The van der Waals surface area contributed by atoms with E-state index in [-0.39, 0.29) is 18.2 Å². The highest BCUT2D eigenvalue weighted by Crippen LogP contribution is 2.25. The Kier molecular flexibility index (Phi) is 7.14. The Morgan fingerprint density at radius 1 is 1.25 bits per heavy atom. The van der Waals surface area contributed by atoms with Gasteiger partial charge in [0.1, 0.15) is 5.75 Å². The van der Waals surface area contributed by atoms with Crippen LogP contribution in [-0.4, -0.2) is 47.9 Å². The molecule has 2 heterocycles. The molecule has 0 aliphatic carbocycles. The molecule has 3 aromatic rings. The van der Waals surface area contributed by atoms with Crippen molar-refractivity contribution in [2.75, 3.05) is 20.2 Å². The molecule has 4 rings (SSSR count). The molecule has 2 amide bonds. The molecule has 1 aliphatic rings. The predicted octanol–water partition coefficient (Wildman–Crippen LogP) is 2.83. The van der Waals surface area contributed by atoms with Crippen LogP contribution < -0.4 is 15.4 Å². The van der Waals surface area contributed by atoms with Gasteiger partial charge in [-0.15, -0.1) is 11.3 Å². The zero-order valence-corrected chi connectivity index (χ0v) is 18.7. The molecule has 0 spiro atoms. The molecular weight excluding hydrogens is 424 g/mol. The van der Waals surface area contributed by atoms with Crippen LogP contribution in [0.4, 0.5) is 0 Å². The van der Waals surface area contributed by atoms with Crippen LogP contribution >= 0.6 is 11.3 Å². The summed E-state index contributed by atoms with van der Waals surface area (Å²) >= 11 is 1.51. The number of carbonyl (C=O) groups excluding carboxylic acids is 2. The fourth-order valence-electron chi connectivity index (χ4n) is 3.83. The highest BCUT2D eigenvalue weighted by molar-refractivity contribution is 7.10. The predicted molar refractivity (Wildman–Crippen MR) is 124 cm³/mol. The number of rotatable bonds is 8. The van der Waals surface area contributed by atoms with Crippen LogP contribution in [0, 0.1) is 0 Å². The number of methoxy groups -OCH3 is 1. The zero-order valence-electron chi connectivity index (χ0n) is 17.9. The Morgan fingerprint density at radius 3 is 2.91 bits per heavy atom. The van der Waals surface area contributed by atoms with Crippen LogP contribution in [0.1, 0.15) is 16.9 Å². The summed E-state index contributed by atoms with van der Waals surface area (Å²) < 4.78 is 5.30. The maximum Gasteiger partial charge on any atom is 0.237 e. The number of nitrogens with zero attached hydrogens (tertiary/aromatic N) is 2. The molecule has 8 heteroatoms. The van der Waals surface area contributed by atoms with Gasteiger partial charge in [-0.25, -0.2) is 4.98 Å². The normalized spacial score (nSPS) is 16.4. The minimum Gasteiger partial charge on any atom is -0.497 e. The molecule has 1 fully saturated rings. The first kappa shape index (κ1) is 22.0. The maximum absolute atomic E-state index is 12.7. The van der Waals surface area contributed by atoms with Gasteiger partial charge in [0.15, 0.2) is 0 Å². The van der Waals surface area contributed by atoms with Crippen LogP contribution in [0.5, 0.6) is 5.75 Å². The number of ether oxygens (including phenoxy) is 1. The quantitative estimate of drug-likeness (QED) is 0.551. The second kappa shape index (κ2) is 10.4. The monoisotopic (exact) mass is 450 g/mol. The van der Waals surface area contributed by atoms with Gasteiger partial charge in [-0.2, -0.15) is 0 Å². The lowest BCUT2D eigenvalue weighted by atomic mass is 10.1. The Bertz CT molecular complexity index is 1070. The third-order valence-electron chi connectivity index (χ3n) is 5.47. The van der Waals surface area contributed by atoms with E-state index in [1.165, 1.54) is 11.3 Å². The average molecular weight is 451 g/mol. The van der Waals surface area contributed by atoms with E-state index in [9.17, 15) is 9.59 Å². The summed E-state index contributed by atoms with van der Waals surface area (Å²) in [4.78, 5) is 32.8. The molecule has 166 valence electrons. The number of piperazine rings is 1. The molecular formula is C24H26N4O3S. The fourth-order valence-corrected chi connectivity index (χ4v) is 4.56. The van der Waals surface area contributed by atoms with Crippen LogP contribution in [-0.2, 0) is 22.7 Å². The van der Waals surface area contributed by atoms with Crippen molar-refractivity contribution in [3.63, 3.8) is 0 Å². The zero-order chi connectivity index (χ0) is 22.3. The first-order valence-electron chi connectivity index (χ1n) is 10.5. The van der Waals surface area contributed by atoms with Crippen molar-refractivity contribution in [2.45, 2.75) is 25.6 Å². The molecule has 7 nitrogen and oxygen atoms in total. The van der Waals surface area contributed by atoms with Gasteiger partial charge in [-0.1, -0.05) is 42.5 Å². The van der Waals surface area contributed by atoms with Gasteiger partial charge in [0.2, 0.25) is 11.8 Å². The Balaban J connectivity index is 1.39. The van der Waals surface area contributed by atoms with Gasteiger partial charge in [-0.05, 0) is 17.7 Å². The van der Waals surface area contributed by atoms with Crippen LogP contribution in [0.2, 0.25) is 0 Å². The largest absolute Gasteiger partial charge is 0.497 e. The number of aromatic nitrogens is 1. The molecule has 1 aliphatic heterocycles. The maximum atomic E-state index is 12.7. The summed E-state index contributed by atoms with van der Waals surface area (Å²) in [5.74, 6) is 0.504. The minimum absolute atomic E-state index is 0.106. The lowest BCUT2D eigenvalue weighted by Gasteiger charge is -2.34. The summed E-state index contributed by atoms with van der Waals surface area (Å²) in [5, 5.41) is 5.85. The van der Waals surface area contributed by atoms with Crippen LogP contribution in [0.25, 0.3) is 11.3 Å². The first-order chi connectivity index (χ1) is 15.6. The number of hydrogen-bond donors (Lipinski definition) is 2. The van der Waals surface area contributed by atoms with E-state index in [1.807, 2.05) is 54.6 Å². The van der Waals surface area contributed by atoms with Crippen molar-refractivity contribution in [3.05, 3.63) is 70.5 Å². The summed E-state index contributed by atoms with van der Waals surface area (Å²) in [5.41, 5.74) is 4.73. The highest BCUT2D eigenvalue weighted by Gasteiger charge is 2.31.